The molecule has 2 aromatic rings. The van der Waals surface area contributed by atoms with Crippen molar-refractivity contribution < 1.29 is 14.0 Å². The van der Waals surface area contributed by atoms with Gasteiger partial charge in [-0.15, -0.1) is 11.8 Å². The van der Waals surface area contributed by atoms with Crippen LogP contribution in [0.5, 0.6) is 0 Å². The van der Waals surface area contributed by atoms with Gasteiger partial charge in [0.1, 0.15) is 11.9 Å². The van der Waals surface area contributed by atoms with Crippen LogP contribution in [0.25, 0.3) is 0 Å². The highest BCUT2D eigenvalue weighted by Crippen LogP contribution is 2.21. The van der Waals surface area contributed by atoms with Crippen molar-refractivity contribution in [2.24, 2.45) is 0 Å². The lowest BCUT2D eigenvalue weighted by Crippen LogP contribution is -2.50. The molecule has 2 amide bonds. The molecule has 0 radical (unpaired) electrons. The molecule has 2 atom stereocenters. The van der Waals surface area contributed by atoms with Crippen LogP contribution in [-0.2, 0) is 16.1 Å². The zero-order chi connectivity index (χ0) is 22.8. The number of benzene rings is 2. The fourth-order valence-electron chi connectivity index (χ4n) is 3.18. The van der Waals surface area contributed by atoms with Crippen molar-refractivity contribution in [3.8, 4) is 0 Å². The molecule has 6 heteroatoms. The summed E-state index contributed by atoms with van der Waals surface area (Å²) in [4.78, 5) is 28.8. The van der Waals surface area contributed by atoms with E-state index in [1.165, 1.54) is 17.7 Å². The van der Waals surface area contributed by atoms with E-state index in [4.69, 9.17) is 0 Å². The third-order valence-electron chi connectivity index (χ3n) is 5.26. The summed E-state index contributed by atoms with van der Waals surface area (Å²) < 4.78 is 13.3. The van der Waals surface area contributed by atoms with Crippen LogP contribution in [0.15, 0.2) is 53.4 Å². The van der Waals surface area contributed by atoms with E-state index in [1.54, 1.807) is 28.8 Å². The Kier molecular flexibility index (Phi) is 10.0. The molecule has 2 aromatic carbocycles. The smallest absolute Gasteiger partial charge is 0.243 e. The van der Waals surface area contributed by atoms with E-state index in [-0.39, 0.29) is 30.2 Å². The van der Waals surface area contributed by atoms with Crippen molar-refractivity contribution in [2.45, 2.75) is 70.5 Å². The van der Waals surface area contributed by atoms with Gasteiger partial charge in [0.15, 0.2) is 0 Å². The fraction of sp³-hybridized carbons (Fsp3) is 0.440. The average molecular weight is 445 g/mol. The number of thioether (sulfide) groups is 1. The first kappa shape index (κ1) is 24.9. The largest absolute Gasteiger partial charge is 0.352 e. The molecule has 168 valence electrons. The Hall–Kier alpha value is -2.34. The average Bonchev–Trinajstić information content (AvgIpc) is 2.76. The van der Waals surface area contributed by atoms with Gasteiger partial charge in [0, 0.05) is 29.7 Å². The first-order valence-electron chi connectivity index (χ1n) is 10.9. The van der Waals surface area contributed by atoms with Crippen molar-refractivity contribution in [3.05, 3.63) is 65.5 Å². The van der Waals surface area contributed by atoms with Crippen molar-refractivity contribution in [2.75, 3.05) is 5.75 Å². The zero-order valence-corrected chi connectivity index (χ0v) is 19.7. The van der Waals surface area contributed by atoms with Gasteiger partial charge in [-0.1, -0.05) is 43.7 Å². The van der Waals surface area contributed by atoms with E-state index in [0.29, 0.717) is 18.6 Å². The second kappa shape index (κ2) is 12.5. The number of hydrogen-bond donors (Lipinski definition) is 1. The van der Waals surface area contributed by atoms with Gasteiger partial charge in [-0.2, -0.15) is 0 Å². The number of halogens is 1. The Morgan fingerprint density at radius 3 is 2.26 bits per heavy atom. The molecule has 0 heterocycles. The molecule has 0 aromatic heterocycles. The molecule has 0 fully saturated rings. The summed E-state index contributed by atoms with van der Waals surface area (Å²) in [6.45, 7) is 8.19. The van der Waals surface area contributed by atoms with Gasteiger partial charge in [0.25, 0.3) is 0 Å². The van der Waals surface area contributed by atoms with Gasteiger partial charge >= 0.3 is 0 Å². The summed E-state index contributed by atoms with van der Waals surface area (Å²) >= 11 is 1.63. The van der Waals surface area contributed by atoms with E-state index in [1.807, 2.05) is 27.7 Å². The lowest BCUT2D eigenvalue weighted by molar-refractivity contribution is -0.141. The van der Waals surface area contributed by atoms with E-state index in [9.17, 15) is 14.0 Å². The van der Waals surface area contributed by atoms with Crippen LogP contribution in [0.4, 0.5) is 4.39 Å². The molecule has 0 aliphatic rings. The minimum absolute atomic E-state index is 0.0430. The molecule has 1 N–H and O–H groups in total. The number of amides is 2. The number of hydrogen-bond acceptors (Lipinski definition) is 3. The van der Waals surface area contributed by atoms with Crippen molar-refractivity contribution in [1.29, 1.82) is 0 Å². The number of nitrogens with one attached hydrogen (secondary N) is 1. The molecule has 0 saturated carbocycles. The van der Waals surface area contributed by atoms with Gasteiger partial charge in [-0.05, 0) is 56.5 Å². The second-order valence-corrected chi connectivity index (χ2v) is 8.97. The lowest BCUT2D eigenvalue weighted by Gasteiger charge is -2.31. The summed E-state index contributed by atoms with van der Waals surface area (Å²) in [5.41, 5.74) is 2.00. The highest BCUT2D eigenvalue weighted by molar-refractivity contribution is 7.99. The van der Waals surface area contributed by atoms with Crippen LogP contribution in [0.2, 0.25) is 0 Å². The predicted molar refractivity (Wildman–Crippen MR) is 125 cm³/mol. The minimum atomic E-state index is -0.559. The van der Waals surface area contributed by atoms with Gasteiger partial charge in [0.05, 0.1) is 0 Å². The Bertz CT molecular complexity index is 840. The van der Waals surface area contributed by atoms with Gasteiger partial charge in [-0.3, -0.25) is 9.59 Å². The monoisotopic (exact) mass is 444 g/mol. The molecule has 4 nitrogen and oxygen atoms in total. The zero-order valence-electron chi connectivity index (χ0n) is 18.9. The van der Waals surface area contributed by atoms with E-state index >= 15 is 0 Å². The predicted octanol–water partition coefficient (Wildman–Crippen LogP) is 5.34. The summed E-state index contributed by atoms with van der Waals surface area (Å²) in [5.74, 6) is 0.0943. The van der Waals surface area contributed by atoms with E-state index in [2.05, 4.69) is 29.6 Å². The van der Waals surface area contributed by atoms with Crippen molar-refractivity contribution in [3.63, 3.8) is 0 Å². The van der Waals surface area contributed by atoms with Crippen LogP contribution >= 0.6 is 11.8 Å². The number of carbonyl (C=O) groups is 2. The summed E-state index contributed by atoms with van der Waals surface area (Å²) in [6.07, 6.45) is 1.66. The molecule has 0 unspecified atom stereocenters. The molecule has 2 rings (SSSR count). The fourth-order valence-corrected chi connectivity index (χ4v) is 4.02. The van der Waals surface area contributed by atoms with Crippen LogP contribution < -0.4 is 5.32 Å². The molecular weight excluding hydrogens is 411 g/mol. The molecule has 31 heavy (non-hydrogen) atoms. The first-order valence-corrected chi connectivity index (χ1v) is 11.9. The van der Waals surface area contributed by atoms with Gasteiger partial charge in [0.2, 0.25) is 11.8 Å². The van der Waals surface area contributed by atoms with Crippen LogP contribution in [0.3, 0.4) is 0 Å². The molecule has 0 bridgehead atoms. The molecular formula is C25H33FN2O2S. The quantitative estimate of drug-likeness (QED) is 0.476. The summed E-state index contributed by atoms with van der Waals surface area (Å²) in [6, 6.07) is 13.8. The number of carbonyl (C=O) groups excluding carboxylic acids is 2. The topological polar surface area (TPSA) is 49.4 Å². The molecule has 0 spiro atoms. The highest BCUT2D eigenvalue weighted by atomic mass is 32.2. The van der Waals surface area contributed by atoms with Gasteiger partial charge in [-0.25, -0.2) is 4.39 Å². The minimum Gasteiger partial charge on any atom is -0.352 e. The number of nitrogens with zero attached hydrogens (tertiary/aromatic N) is 1. The summed E-state index contributed by atoms with van der Waals surface area (Å²) in [7, 11) is 0. The maximum absolute atomic E-state index is 13.3. The Morgan fingerprint density at radius 1 is 1.03 bits per heavy atom. The van der Waals surface area contributed by atoms with Crippen LogP contribution in [0, 0.1) is 12.7 Å². The normalized spacial score (nSPS) is 12.8. The van der Waals surface area contributed by atoms with Crippen molar-refractivity contribution >= 4 is 23.6 Å². The lowest BCUT2D eigenvalue weighted by atomic mass is 10.1. The second-order valence-electron chi connectivity index (χ2n) is 7.80. The molecule has 0 saturated heterocycles. The van der Waals surface area contributed by atoms with Gasteiger partial charge < -0.3 is 10.2 Å². The van der Waals surface area contributed by atoms with E-state index < -0.39 is 6.04 Å². The molecule has 0 aliphatic carbocycles. The third-order valence-corrected chi connectivity index (χ3v) is 6.27. The maximum Gasteiger partial charge on any atom is 0.243 e. The Labute approximate surface area is 189 Å². The summed E-state index contributed by atoms with van der Waals surface area (Å²) in [5, 5.41) is 3.00. The van der Waals surface area contributed by atoms with Crippen molar-refractivity contribution in [1.82, 2.24) is 10.2 Å². The van der Waals surface area contributed by atoms with Crippen LogP contribution in [-0.4, -0.2) is 34.6 Å². The Morgan fingerprint density at radius 2 is 1.68 bits per heavy atom. The third kappa shape index (κ3) is 8.02. The number of rotatable bonds is 11. The molecule has 0 aliphatic heterocycles. The number of aryl methyl sites for hydroxylation is 1. The first-order chi connectivity index (χ1) is 14.8. The van der Waals surface area contributed by atoms with E-state index in [0.717, 1.165) is 16.9 Å². The SMILES string of the molecule is CC[C@@H](C)NC(=O)[C@@H](CC)N(Cc1ccc(F)cc1)C(=O)CCSc1ccc(C)cc1. The maximum atomic E-state index is 13.3. The van der Waals surface area contributed by atoms with Crippen LogP contribution in [0.1, 0.15) is 51.2 Å². The Balaban J connectivity index is 2.12. The standard InChI is InChI=1S/C25H33FN2O2S/c1-5-19(4)27-25(30)23(6-2)28(17-20-9-11-21(26)12-10-20)24(29)15-16-31-22-13-7-18(3)8-14-22/h7-14,19,23H,5-6,15-17H2,1-4H3,(H,27,30)/t19-,23-/m1/s1. The highest BCUT2D eigenvalue weighted by Gasteiger charge is 2.29.